The fourth-order valence-corrected chi connectivity index (χ4v) is 1.47. The lowest BCUT2D eigenvalue weighted by Gasteiger charge is -1.96. The summed E-state index contributed by atoms with van der Waals surface area (Å²) in [5, 5.41) is 0. The number of nitrogens with zero attached hydrogens (tertiary/aromatic N) is 1. The van der Waals surface area contributed by atoms with E-state index in [1.807, 2.05) is 25.1 Å². The van der Waals surface area contributed by atoms with Crippen LogP contribution in [-0.4, -0.2) is 11.2 Å². The molecule has 0 aliphatic heterocycles. The van der Waals surface area contributed by atoms with Crippen LogP contribution in [0.2, 0.25) is 0 Å². The number of ether oxygens (including phenoxy) is 1. The fourth-order valence-electron chi connectivity index (χ4n) is 1.47. The minimum absolute atomic E-state index is 0.346. The average Bonchev–Trinajstić information content (AvgIpc) is 2.56. The van der Waals surface area contributed by atoms with Gasteiger partial charge in [0.15, 0.2) is 5.58 Å². The van der Waals surface area contributed by atoms with Crippen LogP contribution >= 0.6 is 0 Å². The number of oxazole rings is 1. The summed E-state index contributed by atoms with van der Waals surface area (Å²) in [6.45, 7) is 2.57. The van der Waals surface area contributed by atoms with E-state index in [4.69, 9.17) is 9.15 Å². The fraction of sp³-hybridized carbons (Fsp3) is 0.250. The quantitative estimate of drug-likeness (QED) is 0.743. The average molecular weight is 219 g/mol. The molecule has 4 nitrogen and oxygen atoms in total. The van der Waals surface area contributed by atoms with Gasteiger partial charge in [-0.1, -0.05) is 6.07 Å². The van der Waals surface area contributed by atoms with Gasteiger partial charge in [0.05, 0.1) is 18.4 Å². The summed E-state index contributed by atoms with van der Waals surface area (Å²) in [5.74, 6) is -0.346. The van der Waals surface area contributed by atoms with Gasteiger partial charge in [-0.3, -0.25) is 4.57 Å². The van der Waals surface area contributed by atoms with E-state index < -0.39 is 0 Å². The molecule has 0 aliphatic carbocycles. The molecule has 0 bridgehead atoms. The van der Waals surface area contributed by atoms with E-state index in [1.54, 1.807) is 19.4 Å². The van der Waals surface area contributed by atoms with Gasteiger partial charge in [0, 0.05) is 7.05 Å². The smallest absolute Gasteiger partial charge is 0.419 e. The molecule has 0 unspecified atom stereocenters. The number of benzene rings is 1. The molecule has 1 aromatic heterocycles. The third kappa shape index (κ3) is 1.86. The van der Waals surface area contributed by atoms with Gasteiger partial charge < -0.3 is 9.15 Å². The highest BCUT2D eigenvalue weighted by molar-refractivity contribution is 5.76. The molecule has 1 aromatic carbocycles. The number of fused-ring (bicyclic) bond motifs is 1. The number of aryl methyl sites for hydroxylation is 1. The molecule has 0 saturated carbocycles. The van der Waals surface area contributed by atoms with Crippen LogP contribution in [-0.2, 0) is 11.8 Å². The Morgan fingerprint density at radius 1 is 1.50 bits per heavy atom. The van der Waals surface area contributed by atoms with Crippen molar-refractivity contribution in [2.75, 3.05) is 6.61 Å². The second-order valence-corrected chi connectivity index (χ2v) is 3.41. The first-order valence-electron chi connectivity index (χ1n) is 5.10. The van der Waals surface area contributed by atoms with Gasteiger partial charge in [-0.15, -0.1) is 0 Å². The minimum Gasteiger partial charge on any atom is -0.501 e. The summed E-state index contributed by atoms with van der Waals surface area (Å²) >= 11 is 0. The first kappa shape index (κ1) is 10.5. The van der Waals surface area contributed by atoms with E-state index in [9.17, 15) is 4.79 Å². The predicted octanol–water partition coefficient (Wildman–Crippen LogP) is 2.14. The summed E-state index contributed by atoms with van der Waals surface area (Å²) in [4.78, 5) is 11.3. The molecular formula is C12H13NO3. The van der Waals surface area contributed by atoms with Gasteiger partial charge in [-0.25, -0.2) is 4.79 Å². The molecule has 0 aliphatic rings. The largest absolute Gasteiger partial charge is 0.501 e. The van der Waals surface area contributed by atoms with Crippen LogP contribution in [0.1, 0.15) is 12.5 Å². The SMILES string of the molecule is CCOC=Cc1ccc2oc(=O)n(C)c2c1. The van der Waals surface area contributed by atoms with Gasteiger partial charge in [-0.2, -0.15) is 0 Å². The normalized spacial score (nSPS) is 11.4. The topological polar surface area (TPSA) is 44.4 Å². The number of hydrogen-bond acceptors (Lipinski definition) is 3. The van der Waals surface area contributed by atoms with Crippen LogP contribution in [0.3, 0.4) is 0 Å². The lowest BCUT2D eigenvalue weighted by molar-refractivity contribution is 0.272. The van der Waals surface area contributed by atoms with Crippen molar-refractivity contribution in [3.05, 3.63) is 40.6 Å². The van der Waals surface area contributed by atoms with E-state index in [0.29, 0.717) is 12.2 Å². The van der Waals surface area contributed by atoms with Crippen molar-refractivity contribution >= 4 is 17.2 Å². The first-order valence-corrected chi connectivity index (χ1v) is 5.10. The Bertz CT molecular complexity index is 577. The van der Waals surface area contributed by atoms with E-state index in [-0.39, 0.29) is 5.76 Å². The molecule has 0 fully saturated rings. The molecule has 4 heteroatoms. The number of hydrogen-bond donors (Lipinski definition) is 0. The molecule has 0 N–H and O–H groups in total. The van der Waals surface area contributed by atoms with Crippen LogP contribution in [0.4, 0.5) is 0 Å². The molecule has 2 rings (SSSR count). The van der Waals surface area contributed by atoms with E-state index >= 15 is 0 Å². The number of rotatable bonds is 3. The Labute approximate surface area is 92.7 Å². The molecule has 16 heavy (non-hydrogen) atoms. The maximum absolute atomic E-state index is 11.3. The van der Waals surface area contributed by atoms with Gasteiger partial charge in [-0.05, 0) is 30.7 Å². The van der Waals surface area contributed by atoms with Crippen molar-refractivity contribution in [3.8, 4) is 0 Å². The molecule has 2 aromatic rings. The predicted molar refractivity (Wildman–Crippen MR) is 62.1 cm³/mol. The molecule has 0 amide bonds. The second kappa shape index (κ2) is 4.26. The van der Waals surface area contributed by atoms with Crippen LogP contribution in [0.5, 0.6) is 0 Å². The van der Waals surface area contributed by atoms with Gasteiger partial charge in [0.2, 0.25) is 0 Å². The molecule has 0 saturated heterocycles. The van der Waals surface area contributed by atoms with Crippen LogP contribution in [0.25, 0.3) is 17.2 Å². The van der Waals surface area contributed by atoms with Crippen molar-refractivity contribution in [1.29, 1.82) is 0 Å². The zero-order chi connectivity index (χ0) is 11.5. The van der Waals surface area contributed by atoms with Crippen molar-refractivity contribution < 1.29 is 9.15 Å². The van der Waals surface area contributed by atoms with Gasteiger partial charge in [0.25, 0.3) is 0 Å². The Morgan fingerprint density at radius 3 is 3.06 bits per heavy atom. The third-order valence-electron chi connectivity index (χ3n) is 2.34. The Hall–Kier alpha value is -1.97. The summed E-state index contributed by atoms with van der Waals surface area (Å²) in [6, 6.07) is 5.54. The molecule has 1 heterocycles. The van der Waals surface area contributed by atoms with Crippen LogP contribution in [0, 0.1) is 0 Å². The molecule has 0 atom stereocenters. The van der Waals surface area contributed by atoms with Crippen LogP contribution in [0.15, 0.2) is 33.7 Å². The lowest BCUT2D eigenvalue weighted by Crippen LogP contribution is -2.08. The van der Waals surface area contributed by atoms with Gasteiger partial charge >= 0.3 is 5.76 Å². The highest BCUT2D eigenvalue weighted by atomic mass is 16.5. The molecule has 0 spiro atoms. The van der Waals surface area contributed by atoms with Crippen LogP contribution < -0.4 is 5.76 Å². The Morgan fingerprint density at radius 2 is 2.31 bits per heavy atom. The first-order chi connectivity index (χ1) is 7.72. The van der Waals surface area contributed by atoms with Crippen molar-refractivity contribution in [2.24, 2.45) is 7.05 Å². The van der Waals surface area contributed by atoms with Crippen molar-refractivity contribution in [3.63, 3.8) is 0 Å². The van der Waals surface area contributed by atoms with E-state index in [0.717, 1.165) is 11.1 Å². The van der Waals surface area contributed by atoms with Gasteiger partial charge in [0.1, 0.15) is 0 Å². The summed E-state index contributed by atoms with van der Waals surface area (Å²) in [6.07, 6.45) is 3.49. The monoisotopic (exact) mass is 219 g/mol. The zero-order valence-corrected chi connectivity index (χ0v) is 9.27. The van der Waals surface area contributed by atoms with E-state index in [2.05, 4.69) is 0 Å². The van der Waals surface area contributed by atoms with Crippen molar-refractivity contribution in [1.82, 2.24) is 4.57 Å². The Balaban J connectivity index is 2.43. The van der Waals surface area contributed by atoms with E-state index in [1.165, 1.54) is 4.57 Å². The maximum Gasteiger partial charge on any atom is 0.419 e. The second-order valence-electron chi connectivity index (χ2n) is 3.41. The Kier molecular flexibility index (Phi) is 2.81. The molecular weight excluding hydrogens is 206 g/mol. The molecule has 84 valence electrons. The third-order valence-corrected chi connectivity index (χ3v) is 2.34. The molecule has 0 radical (unpaired) electrons. The highest BCUT2D eigenvalue weighted by Crippen LogP contribution is 2.15. The highest BCUT2D eigenvalue weighted by Gasteiger charge is 2.04. The standard InChI is InChI=1S/C12H13NO3/c1-3-15-7-6-9-4-5-11-10(8-9)13(2)12(14)16-11/h4-8H,3H2,1-2H3. The lowest BCUT2D eigenvalue weighted by atomic mass is 10.2. The summed E-state index contributed by atoms with van der Waals surface area (Å²) < 4.78 is 11.6. The minimum atomic E-state index is -0.346. The van der Waals surface area contributed by atoms with Crippen molar-refractivity contribution in [2.45, 2.75) is 6.92 Å². The zero-order valence-electron chi connectivity index (χ0n) is 9.27. The summed E-state index contributed by atoms with van der Waals surface area (Å²) in [7, 11) is 1.68. The maximum atomic E-state index is 11.3. The number of aromatic nitrogens is 1. The summed E-state index contributed by atoms with van der Waals surface area (Å²) in [5.41, 5.74) is 2.35.